The number of aromatic nitrogens is 1. The molecule has 0 unspecified atom stereocenters. The van der Waals surface area contributed by atoms with Crippen LogP contribution in [-0.2, 0) is 16.0 Å². The quantitative estimate of drug-likeness (QED) is 0.556. The highest BCUT2D eigenvalue weighted by Gasteiger charge is 2.45. The largest absolute Gasteiger partial charge is 0.466 e. The topological polar surface area (TPSA) is 45.3 Å². The minimum Gasteiger partial charge on any atom is -0.466 e. The van der Waals surface area contributed by atoms with Crippen LogP contribution in [-0.4, -0.2) is 36.1 Å². The number of para-hydroxylation sites is 1. The summed E-state index contributed by atoms with van der Waals surface area (Å²) in [6, 6.07) is 17.6. The van der Waals surface area contributed by atoms with Crippen molar-refractivity contribution in [3.05, 3.63) is 76.5 Å². The molecule has 0 spiro atoms. The van der Waals surface area contributed by atoms with Crippen LogP contribution >= 0.6 is 0 Å². The van der Waals surface area contributed by atoms with Gasteiger partial charge in [0.05, 0.1) is 13.2 Å². The Kier molecular flexibility index (Phi) is 4.72. The predicted molar refractivity (Wildman–Crippen MR) is 127 cm³/mol. The van der Waals surface area contributed by atoms with E-state index in [9.17, 15) is 4.79 Å². The van der Waals surface area contributed by atoms with Crippen molar-refractivity contribution in [3.8, 4) is 0 Å². The number of hydrogen-bond acceptors (Lipinski definition) is 3. The molecule has 2 aliphatic heterocycles. The minimum absolute atomic E-state index is 0.142. The van der Waals surface area contributed by atoms with Crippen molar-refractivity contribution in [3.63, 3.8) is 0 Å². The number of carbonyl (C=O) groups is 1. The molecule has 1 N–H and O–H groups in total. The number of nitrogens with one attached hydrogen (secondary N) is 1. The molecule has 32 heavy (non-hydrogen) atoms. The van der Waals surface area contributed by atoms with Gasteiger partial charge in [-0.2, -0.15) is 0 Å². The summed E-state index contributed by atoms with van der Waals surface area (Å²) in [5.74, 6) is 0.614. The summed E-state index contributed by atoms with van der Waals surface area (Å²) in [6.45, 7) is 4.27. The number of allylic oxidation sites excluding steroid dienone is 1. The molecule has 0 saturated carbocycles. The van der Waals surface area contributed by atoms with Gasteiger partial charge in [-0.1, -0.05) is 48.0 Å². The number of methoxy groups -OCH3 is 1. The molecule has 1 saturated heterocycles. The highest BCUT2D eigenvalue weighted by atomic mass is 16.5. The molecular formula is C28H30N2O2. The summed E-state index contributed by atoms with van der Waals surface area (Å²) < 4.78 is 5.35. The van der Waals surface area contributed by atoms with Gasteiger partial charge >= 0.3 is 5.97 Å². The molecule has 4 nitrogen and oxygen atoms in total. The first kappa shape index (κ1) is 19.8. The van der Waals surface area contributed by atoms with Gasteiger partial charge in [-0.3, -0.25) is 4.90 Å². The highest BCUT2D eigenvalue weighted by molar-refractivity contribution is 5.98. The molecule has 6 rings (SSSR count). The molecule has 3 heterocycles. The van der Waals surface area contributed by atoms with Crippen LogP contribution in [0.3, 0.4) is 0 Å². The number of fused-ring (bicyclic) bond motifs is 6. The molecule has 1 aromatic heterocycles. The van der Waals surface area contributed by atoms with Gasteiger partial charge < -0.3 is 9.72 Å². The molecule has 3 aromatic rings. The van der Waals surface area contributed by atoms with Gasteiger partial charge in [-0.25, -0.2) is 4.79 Å². The number of aryl methyl sites for hydroxylation is 1. The maximum atomic E-state index is 13.1. The van der Waals surface area contributed by atoms with Crippen LogP contribution < -0.4 is 0 Å². The van der Waals surface area contributed by atoms with Crippen molar-refractivity contribution in [1.29, 1.82) is 0 Å². The standard InChI is InChI=1S/C28H30N2O2/c1-17-7-9-18(10-8-17)20-12-11-19-16-30-14-13-22-21-5-3-4-6-24(21)29-27(22)25(30)15-23(19)26(20)28(31)32-2/h3-10,19,23,25,29H,11-16H2,1-2H3/t19-,23-,25-/m0/s1. The molecule has 0 radical (unpaired) electrons. The number of hydrogen-bond donors (Lipinski definition) is 1. The Balaban J connectivity index is 1.43. The zero-order chi connectivity index (χ0) is 21.8. The van der Waals surface area contributed by atoms with Crippen LogP contribution in [0, 0.1) is 18.8 Å². The number of carbonyl (C=O) groups excluding carboxylic acids is 1. The van der Waals surface area contributed by atoms with Crippen molar-refractivity contribution < 1.29 is 9.53 Å². The smallest absolute Gasteiger partial charge is 0.334 e. The predicted octanol–water partition coefficient (Wildman–Crippen LogP) is 5.43. The van der Waals surface area contributed by atoms with E-state index >= 15 is 0 Å². The summed E-state index contributed by atoms with van der Waals surface area (Å²) in [6.07, 6.45) is 4.16. The lowest BCUT2D eigenvalue weighted by Crippen LogP contribution is -2.48. The number of ether oxygens (including phenoxy) is 1. The number of rotatable bonds is 2. The lowest BCUT2D eigenvalue weighted by atomic mass is 9.67. The van der Waals surface area contributed by atoms with E-state index in [4.69, 9.17) is 4.74 Å². The van der Waals surface area contributed by atoms with Crippen molar-refractivity contribution in [2.45, 2.75) is 38.6 Å². The highest BCUT2D eigenvalue weighted by Crippen LogP contribution is 2.50. The second-order valence-corrected chi connectivity index (χ2v) is 9.71. The van der Waals surface area contributed by atoms with Crippen LogP contribution in [0.4, 0.5) is 0 Å². The van der Waals surface area contributed by atoms with Crippen molar-refractivity contribution in [2.24, 2.45) is 11.8 Å². The van der Waals surface area contributed by atoms with Gasteiger partial charge in [-0.05, 0) is 67.2 Å². The third-order valence-corrected chi connectivity index (χ3v) is 8.05. The molecule has 164 valence electrons. The first-order valence-corrected chi connectivity index (χ1v) is 11.9. The third-order valence-electron chi connectivity index (χ3n) is 8.05. The van der Waals surface area contributed by atoms with E-state index in [0.29, 0.717) is 12.0 Å². The van der Waals surface area contributed by atoms with Crippen LogP contribution in [0.1, 0.15) is 47.7 Å². The van der Waals surface area contributed by atoms with E-state index in [-0.39, 0.29) is 11.9 Å². The average Bonchev–Trinajstić information content (AvgIpc) is 3.21. The maximum Gasteiger partial charge on any atom is 0.334 e. The first-order chi connectivity index (χ1) is 15.6. The summed E-state index contributed by atoms with van der Waals surface area (Å²) in [4.78, 5) is 19.5. The van der Waals surface area contributed by atoms with Gasteiger partial charge in [0.1, 0.15) is 0 Å². The zero-order valence-electron chi connectivity index (χ0n) is 18.9. The number of aromatic amines is 1. The van der Waals surface area contributed by atoms with Crippen molar-refractivity contribution in [2.75, 3.05) is 20.2 Å². The fourth-order valence-electron chi connectivity index (χ4n) is 6.49. The maximum absolute atomic E-state index is 13.1. The Morgan fingerprint density at radius 1 is 1.09 bits per heavy atom. The van der Waals surface area contributed by atoms with Crippen molar-refractivity contribution in [1.82, 2.24) is 9.88 Å². The zero-order valence-corrected chi connectivity index (χ0v) is 18.9. The monoisotopic (exact) mass is 426 g/mol. The van der Waals surface area contributed by atoms with E-state index in [0.717, 1.165) is 44.3 Å². The fraction of sp³-hybridized carbons (Fsp3) is 0.393. The molecule has 0 bridgehead atoms. The molecule has 2 aromatic carbocycles. The number of benzene rings is 2. The average molecular weight is 427 g/mol. The first-order valence-electron chi connectivity index (χ1n) is 11.9. The van der Waals surface area contributed by atoms with Gasteiger partial charge in [0.15, 0.2) is 0 Å². The summed E-state index contributed by atoms with van der Waals surface area (Å²) in [5.41, 5.74) is 8.60. The Hall–Kier alpha value is -2.85. The second kappa shape index (κ2) is 7.63. The Bertz CT molecular complexity index is 1220. The van der Waals surface area contributed by atoms with E-state index in [1.165, 1.54) is 46.0 Å². The normalized spacial score (nSPS) is 25.2. The molecular weight excluding hydrogens is 396 g/mol. The second-order valence-electron chi connectivity index (χ2n) is 9.71. The summed E-state index contributed by atoms with van der Waals surface area (Å²) in [7, 11) is 1.53. The number of piperidine rings is 1. The molecule has 1 aliphatic carbocycles. The van der Waals surface area contributed by atoms with Gasteiger partial charge in [0.2, 0.25) is 0 Å². The van der Waals surface area contributed by atoms with Gasteiger partial charge in [0.25, 0.3) is 0 Å². The third kappa shape index (κ3) is 3.04. The van der Waals surface area contributed by atoms with E-state index < -0.39 is 0 Å². The molecule has 1 fully saturated rings. The van der Waals surface area contributed by atoms with Gasteiger partial charge in [0, 0.05) is 35.3 Å². The van der Waals surface area contributed by atoms with Crippen molar-refractivity contribution >= 4 is 22.4 Å². The Morgan fingerprint density at radius 3 is 2.72 bits per heavy atom. The lowest BCUT2D eigenvalue weighted by Gasteiger charge is -2.48. The van der Waals surface area contributed by atoms with E-state index in [2.05, 4.69) is 65.3 Å². The van der Waals surface area contributed by atoms with E-state index in [1.807, 2.05) is 0 Å². The van der Waals surface area contributed by atoms with E-state index in [1.54, 1.807) is 0 Å². The number of nitrogens with zero attached hydrogens (tertiary/aromatic N) is 1. The Labute approximate surface area is 189 Å². The van der Waals surface area contributed by atoms with Crippen LogP contribution in [0.5, 0.6) is 0 Å². The summed E-state index contributed by atoms with van der Waals surface area (Å²) >= 11 is 0. The van der Waals surface area contributed by atoms with Crippen LogP contribution in [0.15, 0.2) is 54.1 Å². The van der Waals surface area contributed by atoms with Crippen LogP contribution in [0.2, 0.25) is 0 Å². The lowest BCUT2D eigenvalue weighted by molar-refractivity contribution is -0.137. The Morgan fingerprint density at radius 2 is 1.91 bits per heavy atom. The molecule has 3 atom stereocenters. The van der Waals surface area contributed by atoms with Gasteiger partial charge in [-0.15, -0.1) is 0 Å². The minimum atomic E-state index is -0.142. The number of esters is 1. The van der Waals surface area contributed by atoms with Crippen LogP contribution in [0.25, 0.3) is 16.5 Å². The molecule has 0 amide bonds. The summed E-state index contributed by atoms with van der Waals surface area (Å²) in [5, 5.41) is 1.36. The SMILES string of the molecule is COC(=O)C1=C(c2ccc(C)cc2)CC[C@H]2CN3CCc4c([nH]c5ccccc45)[C@@H]3C[C@H]12. The fourth-order valence-corrected chi connectivity index (χ4v) is 6.49. The molecule has 4 heteroatoms. The molecule has 3 aliphatic rings. The number of H-pyrrole nitrogens is 1.